The van der Waals surface area contributed by atoms with Crippen LogP contribution in [0.15, 0.2) is 24.3 Å². The normalized spacial score (nSPS) is 29.8. The average molecular weight is 274 g/mol. The molecule has 1 aliphatic carbocycles. The van der Waals surface area contributed by atoms with E-state index in [0.717, 1.165) is 24.3 Å². The highest BCUT2D eigenvalue weighted by atomic mass is 16.5. The van der Waals surface area contributed by atoms with Gasteiger partial charge in [0, 0.05) is 24.2 Å². The average Bonchev–Trinajstić information content (AvgIpc) is 3.15. The summed E-state index contributed by atoms with van der Waals surface area (Å²) in [5.74, 6) is 1.81. The van der Waals surface area contributed by atoms with Crippen LogP contribution in [0.5, 0.6) is 5.75 Å². The Kier molecular flexibility index (Phi) is 4.58. The second-order valence-electron chi connectivity index (χ2n) is 6.10. The molecule has 110 valence electrons. The summed E-state index contributed by atoms with van der Waals surface area (Å²) >= 11 is 0. The fourth-order valence-corrected chi connectivity index (χ4v) is 3.89. The fourth-order valence-electron chi connectivity index (χ4n) is 3.89. The van der Waals surface area contributed by atoms with E-state index in [9.17, 15) is 0 Å². The van der Waals surface area contributed by atoms with Gasteiger partial charge in [0.2, 0.25) is 0 Å². The van der Waals surface area contributed by atoms with Crippen molar-refractivity contribution in [2.75, 3.05) is 13.7 Å². The molecule has 2 aliphatic rings. The summed E-state index contributed by atoms with van der Waals surface area (Å²) in [5, 5.41) is 7.46. The minimum atomic E-state index is 0.663. The van der Waals surface area contributed by atoms with Crippen LogP contribution in [-0.4, -0.2) is 25.7 Å². The second-order valence-corrected chi connectivity index (χ2v) is 6.10. The molecule has 1 saturated heterocycles. The Balaban J connectivity index is 1.59. The maximum atomic E-state index is 5.43. The fraction of sp³-hybridized carbons (Fsp3) is 0.647. The third kappa shape index (κ3) is 2.99. The minimum absolute atomic E-state index is 0.663. The van der Waals surface area contributed by atoms with Gasteiger partial charge in [-0.1, -0.05) is 24.6 Å². The van der Waals surface area contributed by atoms with Gasteiger partial charge in [-0.3, -0.25) is 0 Å². The van der Waals surface area contributed by atoms with Crippen molar-refractivity contribution >= 4 is 0 Å². The summed E-state index contributed by atoms with van der Waals surface area (Å²) in [7, 11) is 1.75. The molecule has 2 fully saturated rings. The van der Waals surface area contributed by atoms with Crippen molar-refractivity contribution in [1.29, 1.82) is 0 Å². The summed E-state index contributed by atoms with van der Waals surface area (Å²) in [6, 6.07) is 9.72. The Morgan fingerprint density at radius 1 is 1.20 bits per heavy atom. The Bertz CT molecular complexity index is 429. The first-order chi connectivity index (χ1) is 9.88. The molecule has 3 nitrogen and oxygen atoms in total. The lowest BCUT2D eigenvalue weighted by Gasteiger charge is -2.27. The first-order valence-corrected chi connectivity index (χ1v) is 7.97. The van der Waals surface area contributed by atoms with Gasteiger partial charge in [-0.25, -0.2) is 0 Å². The zero-order valence-corrected chi connectivity index (χ0v) is 12.4. The molecule has 0 amide bonds. The van der Waals surface area contributed by atoms with Crippen LogP contribution in [0.25, 0.3) is 0 Å². The highest BCUT2D eigenvalue weighted by Gasteiger charge is 2.34. The first-order valence-electron chi connectivity index (χ1n) is 7.97. The molecule has 1 aliphatic heterocycles. The highest BCUT2D eigenvalue weighted by Crippen LogP contribution is 2.32. The Morgan fingerprint density at radius 3 is 2.90 bits per heavy atom. The van der Waals surface area contributed by atoms with E-state index in [2.05, 4.69) is 22.8 Å². The Morgan fingerprint density at radius 2 is 2.10 bits per heavy atom. The summed E-state index contributed by atoms with van der Waals surface area (Å²) < 4.78 is 5.43. The molecule has 0 bridgehead atoms. The lowest BCUT2D eigenvalue weighted by molar-refractivity contribution is 0.318. The summed E-state index contributed by atoms with van der Waals surface area (Å²) in [6.07, 6.45) is 6.77. The third-order valence-electron chi connectivity index (χ3n) is 4.93. The molecule has 0 spiro atoms. The number of rotatable bonds is 5. The van der Waals surface area contributed by atoms with Crippen LogP contribution in [0.4, 0.5) is 0 Å². The van der Waals surface area contributed by atoms with E-state index in [-0.39, 0.29) is 0 Å². The lowest BCUT2D eigenvalue weighted by atomic mass is 9.93. The number of nitrogens with one attached hydrogen (secondary N) is 2. The van der Waals surface area contributed by atoms with Crippen LogP contribution in [0, 0.1) is 5.92 Å². The van der Waals surface area contributed by atoms with Crippen molar-refractivity contribution in [3.8, 4) is 5.75 Å². The van der Waals surface area contributed by atoms with Crippen LogP contribution < -0.4 is 15.4 Å². The largest absolute Gasteiger partial charge is 0.496 e. The predicted molar refractivity (Wildman–Crippen MR) is 82.0 cm³/mol. The van der Waals surface area contributed by atoms with Crippen molar-refractivity contribution in [2.24, 2.45) is 5.92 Å². The molecule has 3 heteroatoms. The van der Waals surface area contributed by atoms with Gasteiger partial charge in [0.05, 0.1) is 7.11 Å². The molecule has 0 aromatic heterocycles. The van der Waals surface area contributed by atoms with Crippen molar-refractivity contribution in [1.82, 2.24) is 10.6 Å². The number of hydrogen-bond acceptors (Lipinski definition) is 3. The zero-order chi connectivity index (χ0) is 13.8. The predicted octanol–water partition coefficient (Wildman–Crippen LogP) is 2.71. The topological polar surface area (TPSA) is 33.3 Å². The van der Waals surface area contributed by atoms with Gasteiger partial charge in [0.25, 0.3) is 0 Å². The quantitative estimate of drug-likeness (QED) is 0.866. The van der Waals surface area contributed by atoms with E-state index < -0.39 is 0 Å². The summed E-state index contributed by atoms with van der Waals surface area (Å²) in [5.41, 5.74) is 1.26. The number of para-hydroxylation sites is 1. The van der Waals surface area contributed by atoms with Gasteiger partial charge in [0.15, 0.2) is 0 Å². The number of hydrogen-bond donors (Lipinski definition) is 2. The molecular formula is C17H26N2O. The van der Waals surface area contributed by atoms with Crippen molar-refractivity contribution in [3.05, 3.63) is 29.8 Å². The van der Waals surface area contributed by atoms with Crippen molar-refractivity contribution in [3.63, 3.8) is 0 Å². The second kappa shape index (κ2) is 6.59. The van der Waals surface area contributed by atoms with Gasteiger partial charge < -0.3 is 15.4 Å². The van der Waals surface area contributed by atoms with E-state index in [1.807, 2.05) is 12.1 Å². The van der Waals surface area contributed by atoms with Gasteiger partial charge >= 0.3 is 0 Å². The minimum Gasteiger partial charge on any atom is -0.496 e. The molecular weight excluding hydrogens is 248 g/mol. The maximum absolute atomic E-state index is 5.43. The molecule has 0 radical (unpaired) electrons. The SMILES string of the molecule is COc1ccccc1CNC1CCCC1C1CCCN1. The van der Waals surface area contributed by atoms with Gasteiger partial charge in [-0.2, -0.15) is 0 Å². The summed E-state index contributed by atoms with van der Waals surface area (Å²) in [6.45, 7) is 2.12. The van der Waals surface area contributed by atoms with Crippen molar-refractivity contribution < 1.29 is 4.74 Å². The van der Waals surface area contributed by atoms with E-state index >= 15 is 0 Å². The molecule has 3 unspecified atom stereocenters. The van der Waals surface area contributed by atoms with Crippen LogP contribution in [-0.2, 0) is 6.54 Å². The standard InChI is InChI=1S/C17H26N2O/c1-20-17-10-3-2-6-13(17)12-19-16-8-4-7-14(16)15-9-5-11-18-15/h2-3,6,10,14-16,18-19H,4-5,7-9,11-12H2,1H3. The van der Waals surface area contributed by atoms with E-state index in [1.165, 1.54) is 44.2 Å². The Hall–Kier alpha value is -1.06. The zero-order valence-electron chi connectivity index (χ0n) is 12.4. The number of benzene rings is 1. The van der Waals surface area contributed by atoms with Crippen LogP contribution in [0.1, 0.15) is 37.7 Å². The Labute approximate surface area is 122 Å². The number of methoxy groups -OCH3 is 1. The molecule has 1 heterocycles. The van der Waals surface area contributed by atoms with Crippen LogP contribution >= 0.6 is 0 Å². The van der Waals surface area contributed by atoms with Gasteiger partial charge in [0.1, 0.15) is 5.75 Å². The molecule has 1 aromatic rings. The molecule has 2 N–H and O–H groups in total. The van der Waals surface area contributed by atoms with Gasteiger partial charge in [-0.05, 0) is 44.2 Å². The third-order valence-corrected chi connectivity index (χ3v) is 4.93. The van der Waals surface area contributed by atoms with E-state index in [4.69, 9.17) is 4.74 Å². The molecule has 20 heavy (non-hydrogen) atoms. The molecule has 3 rings (SSSR count). The van der Waals surface area contributed by atoms with Gasteiger partial charge in [-0.15, -0.1) is 0 Å². The maximum Gasteiger partial charge on any atom is 0.123 e. The van der Waals surface area contributed by atoms with Crippen LogP contribution in [0.2, 0.25) is 0 Å². The monoisotopic (exact) mass is 274 g/mol. The first kappa shape index (κ1) is 13.9. The van der Waals surface area contributed by atoms with Crippen molar-refractivity contribution in [2.45, 2.75) is 50.7 Å². The molecule has 1 aromatic carbocycles. The van der Waals surface area contributed by atoms with E-state index in [1.54, 1.807) is 7.11 Å². The smallest absolute Gasteiger partial charge is 0.123 e. The lowest BCUT2D eigenvalue weighted by Crippen LogP contribution is -2.41. The summed E-state index contributed by atoms with van der Waals surface area (Å²) in [4.78, 5) is 0. The number of ether oxygens (including phenoxy) is 1. The molecule has 1 saturated carbocycles. The van der Waals surface area contributed by atoms with E-state index in [0.29, 0.717) is 6.04 Å². The highest BCUT2D eigenvalue weighted by molar-refractivity contribution is 5.33. The molecule has 3 atom stereocenters. The van der Waals surface area contributed by atoms with Crippen LogP contribution in [0.3, 0.4) is 0 Å².